The Balaban J connectivity index is 1.87. The third-order valence-corrected chi connectivity index (χ3v) is 8.74. The number of amides is 1. The average Bonchev–Trinajstić information content (AvgIpc) is 3.19. The zero-order valence-electron chi connectivity index (χ0n) is 19.0. The second kappa shape index (κ2) is 10.8. The molecule has 0 saturated carbocycles. The highest BCUT2D eigenvalue weighted by atomic mass is 32.1. The first-order valence-electron chi connectivity index (χ1n) is 10.8. The van der Waals surface area contributed by atoms with Gasteiger partial charge in [-0.15, -0.1) is 0 Å². The van der Waals surface area contributed by atoms with Gasteiger partial charge in [0.05, 0.1) is 31.1 Å². The van der Waals surface area contributed by atoms with Crippen molar-refractivity contribution in [3.8, 4) is 6.07 Å². The lowest BCUT2D eigenvalue weighted by atomic mass is 10.0. The number of alkyl halides is 1. The first-order valence-corrected chi connectivity index (χ1v) is 13.9. The number of imidazole rings is 1. The van der Waals surface area contributed by atoms with Crippen LogP contribution in [-0.4, -0.2) is 63.2 Å². The molecule has 1 aliphatic heterocycles. The molecule has 0 aliphatic carbocycles. The fourth-order valence-corrected chi connectivity index (χ4v) is 6.27. The molecule has 0 bridgehead atoms. The Hall–Kier alpha value is -1.98. The molecule has 3 heterocycles. The Kier molecular flexibility index (Phi) is 7.80. The molecule has 0 aromatic carbocycles. The van der Waals surface area contributed by atoms with Gasteiger partial charge in [0.25, 0.3) is 5.56 Å². The van der Waals surface area contributed by atoms with Gasteiger partial charge in [-0.2, -0.15) is 10.2 Å². The van der Waals surface area contributed by atoms with Gasteiger partial charge in [-0.3, -0.25) is 19.9 Å². The highest BCUT2D eigenvalue weighted by Crippen LogP contribution is 2.55. The van der Waals surface area contributed by atoms with Crippen LogP contribution in [0.3, 0.4) is 0 Å². The summed E-state index contributed by atoms with van der Waals surface area (Å²) in [5.74, 6) is -0.698. The van der Waals surface area contributed by atoms with Gasteiger partial charge in [0.15, 0.2) is 17.3 Å². The lowest BCUT2D eigenvalue weighted by Gasteiger charge is -2.39. The Morgan fingerprint density at radius 2 is 2.44 bits per heavy atom. The van der Waals surface area contributed by atoms with E-state index in [4.69, 9.17) is 15.9 Å². The number of nitriles is 1. The van der Waals surface area contributed by atoms with Crippen LogP contribution in [0, 0.1) is 17.2 Å². The van der Waals surface area contributed by atoms with Gasteiger partial charge in [-0.25, -0.2) is 9.37 Å². The van der Waals surface area contributed by atoms with E-state index in [1.54, 1.807) is 13.8 Å². The molecule has 1 fully saturated rings. The molecule has 174 valence electrons. The highest BCUT2D eigenvalue weighted by molar-refractivity contribution is 8.18. The van der Waals surface area contributed by atoms with Crippen molar-refractivity contribution in [1.29, 1.82) is 5.26 Å². The van der Waals surface area contributed by atoms with Crippen LogP contribution in [-0.2, 0) is 14.1 Å². The molecule has 2 N–H and O–H groups in total. The predicted octanol–water partition coefficient (Wildman–Crippen LogP) is 2.93. The minimum Gasteiger partial charge on any atom is -0.373 e. The Morgan fingerprint density at radius 1 is 1.66 bits per heavy atom. The number of ether oxygens (including phenoxy) is 1. The first kappa shape index (κ1) is 23.2. The topological polar surface area (TPSA) is 135 Å². The number of hydrogen-bond donors (Lipinski definition) is 2. The quantitative estimate of drug-likeness (QED) is 0.434. The lowest BCUT2D eigenvalue weighted by Crippen LogP contribution is -2.48. The molecule has 2 aromatic heterocycles. The number of aromatic amines is 1. The zero-order chi connectivity index (χ0) is 24.1. The minimum absolute atomic E-state index is 0.0144. The van der Waals surface area contributed by atoms with E-state index in [1.165, 1.54) is 10.9 Å². The van der Waals surface area contributed by atoms with Gasteiger partial charge < -0.3 is 13.8 Å². The Bertz CT molecular complexity index is 1080. The first-order chi connectivity index (χ1) is 15.8. The molecule has 1 aliphatic rings. The minimum atomic E-state index is -1.54. The summed E-state index contributed by atoms with van der Waals surface area (Å²) in [5.41, 5.74) is -0.426. The standard InChI is InChI=1S/C19H27FN6O4P2/c1-10(2)17(27)24-19-23-16-14(18(28)25-19)22-9-26(16)12-8-29-11(3)15(13(12)20)30-32(4)31-7-5-6-21/h9-13,15,31H,5,7-8H2,1-4H3,(H2,23,24,25,27,28)/t11-,12-,13+,15?,32?/m1/s1/i3D. The van der Waals surface area contributed by atoms with Crippen molar-refractivity contribution in [2.75, 3.05) is 24.8 Å². The van der Waals surface area contributed by atoms with Gasteiger partial charge in [0.1, 0.15) is 6.10 Å². The van der Waals surface area contributed by atoms with Crippen LogP contribution in [0.2, 0.25) is 0 Å². The van der Waals surface area contributed by atoms with Crippen molar-refractivity contribution >= 4 is 39.1 Å². The fourth-order valence-electron chi connectivity index (χ4n) is 3.17. The summed E-state index contributed by atoms with van der Waals surface area (Å²) >= 11 is 0. The maximum absolute atomic E-state index is 15.7. The molecule has 13 heteroatoms. The molecule has 0 spiro atoms. The number of hydrogen-bond acceptors (Lipinski definition) is 7. The van der Waals surface area contributed by atoms with Crippen LogP contribution < -0.4 is 10.9 Å². The summed E-state index contributed by atoms with van der Waals surface area (Å²) in [7, 11) is -0.603. The van der Waals surface area contributed by atoms with Crippen LogP contribution in [0.1, 0.15) is 34.6 Å². The summed E-state index contributed by atoms with van der Waals surface area (Å²) in [4.78, 5) is 35.3. The van der Waals surface area contributed by atoms with E-state index >= 15 is 4.39 Å². The summed E-state index contributed by atoms with van der Waals surface area (Å²) in [6, 6.07) is 1.21. The second-order valence-corrected chi connectivity index (χ2v) is 12.5. The molecule has 3 unspecified atom stereocenters. The van der Waals surface area contributed by atoms with Gasteiger partial charge in [-0.1, -0.05) is 22.1 Å². The summed E-state index contributed by atoms with van der Waals surface area (Å²) < 4.78 is 36.6. The Labute approximate surface area is 189 Å². The van der Waals surface area contributed by atoms with Crippen LogP contribution in [0.5, 0.6) is 0 Å². The maximum Gasteiger partial charge on any atom is 0.280 e. The van der Waals surface area contributed by atoms with Crippen molar-refractivity contribution in [3.05, 3.63) is 16.7 Å². The van der Waals surface area contributed by atoms with Crippen molar-refractivity contribution < 1.29 is 19.8 Å². The van der Waals surface area contributed by atoms with Crippen LogP contribution >= 0.6 is 16.1 Å². The Morgan fingerprint density at radius 3 is 3.12 bits per heavy atom. The van der Waals surface area contributed by atoms with Gasteiger partial charge in [0, 0.05) is 21.5 Å². The van der Waals surface area contributed by atoms with Crippen molar-refractivity contribution in [3.63, 3.8) is 0 Å². The van der Waals surface area contributed by atoms with Gasteiger partial charge >= 0.3 is 0 Å². The molecular formula is C19H27FN6O4P2. The monoisotopic (exact) mass is 485 g/mol. The average molecular weight is 485 g/mol. The summed E-state index contributed by atoms with van der Waals surface area (Å²) in [5, 5.41) is 11.3. The van der Waals surface area contributed by atoms with E-state index in [0.29, 0.717) is 20.9 Å². The molecule has 10 nitrogen and oxygen atoms in total. The van der Waals surface area contributed by atoms with Crippen LogP contribution in [0.25, 0.3) is 11.2 Å². The predicted molar refractivity (Wildman–Crippen MR) is 122 cm³/mol. The zero-order valence-corrected chi connectivity index (χ0v) is 19.9. The largest absolute Gasteiger partial charge is 0.373 e. The third kappa shape index (κ3) is 5.49. The number of carbonyl (C=O) groups excluding carboxylic acids is 1. The molecule has 1 amide bonds. The summed E-state index contributed by atoms with van der Waals surface area (Å²) in [6.07, 6.45) is -0.811. The second-order valence-electron chi connectivity index (χ2n) is 7.65. The van der Waals surface area contributed by atoms with E-state index in [9.17, 15) is 9.59 Å². The number of nitrogens with one attached hydrogen (secondary N) is 2. The normalized spacial score (nSPS) is 25.2. The fraction of sp³-hybridized carbons (Fsp3) is 0.632. The number of fused-ring (bicyclic) bond motifs is 1. The van der Waals surface area contributed by atoms with Gasteiger partial charge in [-0.05, 0) is 19.7 Å². The SMILES string of the molecule is [2H]C[C@H]1OC[C@@H](n2cnc3c(=O)[nH]c(NC(=O)C(C)C)nc32)[C@H](F)C1OP(C)PCCC#N. The highest BCUT2D eigenvalue weighted by Gasteiger charge is 2.42. The third-order valence-electron chi connectivity index (χ3n) is 4.94. The molecule has 0 radical (unpaired) electrons. The number of H-pyrrole nitrogens is 1. The van der Waals surface area contributed by atoms with E-state index < -0.39 is 37.8 Å². The van der Waals surface area contributed by atoms with Crippen molar-refractivity contribution in [2.24, 2.45) is 5.92 Å². The summed E-state index contributed by atoms with van der Waals surface area (Å²) in [6.45, 7) is 5.08. The molecule has 3 rings (SSSR count). The molecule has 32 heavy (non-hydrogen) atoms. The van der Waals surface area contributed by atoms with Crippen LogP contribution in [0.4, 0.5) is 10.3 Å². The number of carbonyl (C=O) groups is 1. The molecule has 2 aromatic rings. The van der Waals surface area contributed by atoms with E-state index in [1.807, 2.05) is 6.66 Å². The number of aromatic nitrogens is 4. The maximum atomic E-state index is 15.7. The molecule has 1 saturated heterocycles. The van der Waals surface area contributed by atoms with Crippen molar-refractivity contribution in [2.45, 2.75) is 51.6 Å². The number of anilines is 1. The van der Waals surface area contributed by atoms with E-state index in [0.717, 1.165) is 0 Å². The van der Waals surface area contributed by atoms with E-state index in [-0.39, 0.29) is 42.4 Å². The van der Waals surface area contributed by atoms with E-state index in [2.05, 4.69) is 26.3 Å². The van der Waals surface area contributed by atoms with Crippen LogP contribution in [0.15, 0.2) is 11.1 Å². The van der Waals surface area contributed by atoms with Crippen molar-refractivity contribution in [1.82, 2.24) is 19.5 Å². The molecule has 6 atom stereocenters. The number of halogens is 1. The number of nitrogens with zero attached hydrogens (tertiary/aromatic N) is 4. The smallest absolute Gasteiger partial charge is 0.280 e. The lowest BCUT2D eigenvalue weighted by molar-refractivity contribution is -0.118. The number of rotatable bonds is 8. The molecular weight excluding hydrogens is 457 g/mol. The van der Waals surface area contributed by atoms with Gasteiger partial charge in [0.2, 0.25) is 11.9 Å².